The molecule has 1 atom stereocenters. The lowest BCUT2D eigenvalue weighted by Gasteiger charge is -2.33. The van der Waals surface area contributed by atoms with Crippen LogP contribution >= 0.6 is 0 Å². The fourth-order valence-corrected chi connectivity index (χ4v) is 5.24. The van der Waals surface area contributed by atoms with Crippen molar-refractivity contribution in [2.24, 2.45) is 13.0 Å². The number of rotatable bonds is 4. The number of aromatic nitrogens is 4. The summed E-state index contributed by atoms with van der Waals surface area (Å²) in [5, 5.41) is 2.10. The van der Waals surface area contributed by atoms with Crippen LogP contribution in [-0.2, 0) is 20.1 Å². The summed E-state index contributed by atoms with van der Waals surface area (Å²) in [7, 11) is 3.32. The predicted molar refractivity (Wildman–Crippen MR) is 141 cm³/mol. The molecule has 6 rings (SSSR count). The summed E-state index contributed by atoms with van der Waals surface area (Å²) in [6, 6.07) is 21.8. The summed E-state index contributed by atoms with van der Waals surface area (Å²) in [5.74, 6) is 1.67. The van der Waals surface area contributed by atoms with Gasteiger partial charge in [-0.3, -0.25) is 13.9 Å². The second-order valence-electron chi connectivity index (χ2n) is 9.48. The zero-order valence-electron chi connectivity index (χ0n) is 20.5. The first-order valence-corrected chi connectivity index (χ1v) is 12.0. The number of imidazole rings is 1. The van der Waals surface area contributed by atoms with Crippen molar-refractivity contribution in [2.75, 3.05) is 18.6 Å². The van der Waals surface area contributed by atoms with Gasteiger partial charge in [-0.25, -0.2) is 4.79 Å². The number of nitrogens with zero attached hydrogens (tertiary/aromatic N) is 5. The van der Waals surface area contributed by atoms with Gasteiger partial charge in [0.1, 0.15) is 5.75 Å². The number of fused-ring (bicyclic) bond motifs is 4. The summed E-state index contributed by atoms with van der Waals surface area (Å²) in [5.41, 5.74) is 2.01. The number of benzene rings is 3. The van der Waals surface area contributed by atoms with Crippen LogP contribution in [0.15, 0.2) is 76.3 Å². The molecule has 5 aromatic rings. The normalized spacial score (nSPS) is 15.4. The van der Waals surface area contributed by atoms with E-state index in [0.29, 0.717) is 23.7 Å². The first-order valence-electron chi connectivity index (χ1n) is 12.0. The molecule has 0 bridgehead atoms. The lowest BCUT2D eigenvalue weighted by Crippen LogP contribution is -2.40. The fraction of sp³-hybridized carbons (Fsp3) is 0.250. The molecule has 8 nitrogen and oxygen atoms in total. The van der Waals surface area contributed by atoms with Crippen molar-refractivity contribution in [1.82, 2.24) is 18.7 Å². The summed E-state index contributed by atoms with van der Waals surface area (Å²) >= 11 is 0. The molecule has 8 heteroatoms. The molecule has 0 saturated heterocycles. The second-order valence-corrected chi connectivity index (χ2v) is 9.48. The van der Waals surface area contributed by atoms with Crippen LogP contribution in [-0.4, -0.2) is 32.3 Å². The largest absolute Gasteiger partial charge is 0.497 e. The number of aryl methyl sites for hydroxylation is 1. The quantitative estimate of drug-likeness (QED) is 0.389. The maximum atomic E-state index is 13.9. The molecule has 0 spiro atoms. The van der Waals surface area contributed by atoms with Crippen molar-refractivity contribution in [2.45, 2.75) is 20.0 Å². The lowest BCUT2D eigenvalue weighted by molar-refractivity contribution is 0.414. The first kappa shape index (κ1) is 22.2. The minimum atomic E-state index is -0.378. The monoisotopic (exact) mass is 481 g/mol. The Morgan fingerprint density at radius 1 is 1.00 bits per heavy atom. The Morgan fingerprint density at radius 3 is 2.61 bits per heavy atom. The smallest absolute Gasteiger partial charge is 0.332 e. The van der Waals surface area contributed by atoms with Crippen molar-refractivity contribution in [3.8, 4) is 5.75 Å². The zero-order valence-corrected chi connectivity index (χ0v) is 20.5. The van der Waals surface area contributed by atoms with Crippen LogP contribution in [0.4, 0.5) is 11.6 Å². The van der Waals surface area contributed by atoms with Gasteiger partial charge < -0.3 is 14.2 Å². The van der Waals surface area contributed by atoms with Gasteiger partial charge in [-0.15, -0.1) is 0 Å². The Bertz CT molecular complexity index is 1740. The third-order valence-corrected chi connectivity index (χ3v) is 7.02. The van der Waals surface area contributed by atoms with E-state index in [9.17, 15) is 9.59 Å². The highest BCUT2D eigenvalue weighted by Gasteiger charge is 2.30. The molecule has 36 heavy (non-hydrogen) atoms. The molecule has 1 aliphatic heterocycles. The summed E-state index contributed by atoms with van der Waals surface area (Å²) in [6.45, 7) is 3.74. The van der Waals surface area contributed by atoms with Crippen LogP contribution in [0.1, 0.15) is 12.5 Å². The molecule has 0 saturated carbocycles. The van der Waals surface area contributed by atoms with E-state index in [1.165, 1.54) is 9.13 Å². The van der Waals surface area contributed by atoms with Gasteiger partial charge in [0.05, 0.1) is 13.7 Å². The number of anilines is 2. The summed E-state index contributed by atoms with van der Waals surface area (Å²) in [6.07, 6.45) is 0. The van der Waals surface area contributed by atoms with E-state index in [0.717, 1.165) is 34.3 Å². The predicted octanol–water partition coefficient (Wildman–Crippen LogP) is 3.89. The molecule has 1 aliphatic rings. The zero-order chi connectivity index (χ0) is 25.0. The maximum Gasteiger partial charge on any atom is 0.332 e. The van der Waals surface area contributed by atoms with E-state index in [1.54, 1.807) is 14.2 Å². The Kier molecular flexibility index (Phi) is 5.17. The topological polar surface area (TPSA) is 74.3 Å². The number of ether oxygens (including phenoxy) is 1. The molecule has 0 amide bonds. The Labute approximate surface area is 207 Å². The van der Waals surface area contributed by atoms with E-state index < -0.39 is 0 Å². The van der Waals surface area contributed by atoms with Crippen LogP contribution in [0.2, 0.25) is 0 Å². The molecule has 0 unspecified atom stereocenters. The van der Waals surface area contributed by atoms with Crippen LogP contribution in [0.3, 0.4) is 0 Å². The van der Waals surface area contributed by atoms with Crippen molar-refractivity contribution in [1.29, 1.82) is 0 Å². The van der Waals surface area contributed by atoms with Crippen molar-refractivity contribution in [3.05, 3.63) is 93.1 Å². The van der Waals surface area contributed by atoms with Crippen molar-refractivity contribution < 1.29 is 4.74 Å². The molecule has 3 aromatic carbocycles. The average Bonchev–Trinajstić information content (AvgIpc) is 3.29. The van der Waals surface area contributed by atoms with Crippen molar-refractivity contribution in [3.63, 3.8) is 0 Å². The molecule has 0 radical (unpaired) electrons. The van der Waals surface area contributed by atoms with Gasteiger partial charge >= 0.3 is 5.69 Å². The first-order chi connectivity index (χ1) is 17.5. The Morgan fingerprint density at radius 2 is 1.78 bits per heavy atom. The highest BCUT2D eigenvalue weighted by Crippen LogP contribution is 2.34. The third kappa shape index (κ3) is 3.40. The number of hydrogen-bond donors (Lipinski definition) is 0. The number of hydrogen-bond acceptors (Lipinski definition) is 5. The summed E-state index contributed by atoms with van der Waals surface area (Å²) < 4.78 is 10.2. The molecular weight excluding hydrogens is 454 g/mol. The molecular formula is C28H27N5O3. The maximum absolute atomic E-state index is 13.9. The van der Waals surface area contributed by atoms with Crippen molar-refractivity contribution >= 4 is 33.6 Å². The van der Waals surface area contributed by atoms with Crippen LogP contribution in [0.5, 0.6) is 5.75 Å². The van der Waals surface area contributed by atoms with Gasteiger partial charge in [-0.05, 0) is 34.4 Å². The van der Waals surface area contributed by atoms with Gasteiger partial charge in [0.2, 0.25) is 5.95 Å². The third-order valence-electron chi connectivity index (χ3n) is 7.02. The van der Waals surface area contributed by atoms with E-state index >= 15 is 0 Å². The Hall–Kier alpha value is -4.33. The highest BCUT2D eigenvalue weighted by atomic mass is 16.5. The molecule has 182 valence electrons. The van der Waals surface area contributed by atoms with Gasteiger partial charge in [-0.2, -0.15) is 4.98 Å². The van der Waals surface area contributed by atoms with Gasteiger partial charge in [-0.1, -0.05) is 55.5 Å². The van der Waals surface area contributed by atoms with E-state index in [2.05, 4.69) is 11.8 Å². The Balaban J connectivity index is 1.55. The SMILES string of the molecule is COc1cccc(N2C[C@H](C)Cn3c2nc2c3c(=O)n(Cc3cccc4ccccc34)c(=O)n2C)c1. The van der Waals surface area contributed by atoms with Crippen LogP contribution in [0, 0.1) is 5.92 Å². The molecule has 0 aliphatic carbocycles. The minimum Gasteiger partial charge on any atom is -0.497 e. The van der Waals surface area contributed by atoms with E-state index in [-0.39, 0.29) is 23.7 Å². The highest BCUT2D eigenvalue weighted by molar-refractivity contribution is 5.85. The second kappa shape index (κ2) is 8.41. The minimum absolute atomic E-state index is 0.193. The average molecular weight is 482 g/mol. The molecule has 3 heterocycles. The number of methoxy groups -OCH3 is 1. The fourth-order valence-electron chi connectivity index (χ4n) is 5.24. The van der Waals surface area contributed by atoms with Gasteiger partial charge in [0.25, 0.3) is 5.56 Å². The standard InChI is InChI=1S/C28H27N5O3/c1-18-15-31(21-11-7-12-22(14-21)36-3)27-29-25-24(32(27)16-18)26(34)33(28(35)30(25)2)17-20-10-6-9-19-8-4-5-13-23(19)20/h4-14,18H,15-17H2,1-3H3/t18-/m0/s1. The lowest BCUT2D eigenvalue weighted by atomic mass is 10.0. The molecule has 0 fully saturated rings. The summed E-state index contributed by atoms with van der Waals surface area (Å²) in [4.78, 5) is 34.2. The van der Waals surface area contributed by atoms with Gasteiger partial charge in [0.15, 0.2) is 11.2 Å². The van der Waals surface area contributed by atoms with E-state index in [1.807, 2.05) is 71.3 Å². The van der Waals surface area contributed by atoms with Gasteiger partial charge in [0, 0.05) is 31.9 Å². The molecule has 2 aromatic heterocycles. The van der Waals surface area contributed by atoms with Crippen LogP contribution < -0.4 is 20.9 Å². The van der Waals surface area contributed by atoms with Crippen LogP contribution in [0.25, 0.3) is 21.9 Å². The van der Waals surface area contributed by atoms with E-state index in [4.69, 9.17) is 9.72 Å². The molecule has 0 N–H and O–H groups in total.